The molecule has 0 aliphatic rings. The van der Waals surface area contributed by atoms with Gasteiger partial charge in [0.2, 0.25) is 17.8 Å². The average molecular weight is 417 g/mol. The Morgan fingerprint density at radius 3 is 2.50 bits per heavy atom. The molecule has 1 heterocycles. The lowest BCUT2D eigenvalue weighted by Crippen LogP contribution is -2.32. The van der Waals surface area contributed by atoms with Gasteiger partial charge in [-0.05, 0) is 44.7 Å². The third-order valence-corrected chi connectivity index (χ3v) is 4.91. The Morgan fingerprint density at radius 1 is 1.07 bits per heavy atom. The van der Waals surface area contributed by atoms with Crippen molar-refractivity contribution in [1.82, 2.24) is 14.5 Å². The Kier molecular flexibility index (Phi) is 10.3. The Hall–Kier alpha value is -2.41. The summed E-state index contributed by atoms with van der Waals surface area (Å²) in [5, 5.41) is 2.94. The van der Waals surface area contributed by atoms with Crippen molar-refractivity contribution in [2.24, 2.45) is 0 Å². The van der Waals surface area contributed by atoms with Crippen molar-refractivity contribution < 1.29 is 14.3 Å². The number of anilines is 1. The quantitative estimate of drug-likeness (QED) is 0.468. The Bertz CT molecular complexity index is 797. The molecule has 0 bridgehead atoms. The molecule has 0 saturated heterocycles. The molecule has 0 spiro atoms. The topological polar surface area (TPSA) is 76.5 Å². The van der Waals surface area contributed by atoms with E-state index in [1.165, 1.54) is 0 Å². The van der Waals surface area contributed by atoms with Crippen LogP contribution in [0.4, 0.5) is 5.95 Å². The summed E-state index contributed by atoms with van der Waals surface area (Å²) in [7, 11) is 0. The summed E-state index contributed by atoms with van der Waals surface area (Å²) in [6.07, 6.45) is 3.99. The highest BCUT2D eigenvalue weighted by atomic mass is 16.5. The molecule has 2 rings (SSSR count). The molecule has 1 aromatic carbocycles. The molecule has 30 heavy (non-hydrogen) atoms. The first-order valence-corrected chi connectivity index (χ1v) is 11.2. The van der Waals surface area contributed by atoms with Crippen molar-refractivity contribution in [2.45, 2.75) is 65.8 Å². The van der Waals surface area contributed by atoms with Gasteiger partial charge in [0, 0.05) is 45.7 Å². The summed E-state index contributed by atoms with van der Waals surface area (Å²) in [4.78, 5) is 31.4. The maximum atomic E-state index is 12.5. The number of carbonyl (C=O) groups excluding carboxylic acids is 2. The minimum atomic E-state index is -0.110. The van der Waals surface area contributed by atoms with Crippen molar-refractivity contribution in [3.8, 4) is 0 Å². The molecule has 7 heteroatoms. The minimum Gasteiger partial charge on any atom is -0.382 e. The van der Waals surface area contributed by atoms with Gasteiger partial charge in [0.05, 0.1) is 11.0 Å². The predicted molar refractivity (Wildman–Crippen MR) is 120 cm³/mol. The van der Waals surface area contributed by atoms with E-state index in [1.807, 2.05) is 40.7 Å². The zero-order valence-corrected chi connectivity index (χ0v) is 18.7. The van der Waals surface area contributed by atoms with E-state index in [1.54, 1.807) is 0 Å². The number of para-hydroxylation sites is 2. The number of benzene rings is 1. The second-order valence-corrected chi connectivity index (χ2v) is 7.41. The number of aryl methyl sites for hydroxylation is 1. The third-order valence-electron chi connectivity index (χ3n) is 4.91. The van der Waals surface area contributed by atoms with Crippen LogP contribution in [0, 0.1) is 0 Å². The van der Waals surface area contributed by atoms with E-state index < -0.39 is 0 Å². The molecule has 0 saturated carbocycles. The Labute approximate surface area is 179 Å². The van der Waals surface area contributed by atoms with Gasteiger partial charge in [-0.25, -0.2) is 4.98 Å². The van der Waals surface area contributed by atoms with Crippen molar-refractivity contribution >= 4 is 28.8 Å². The van der Waals surface area contributed by atoms with Crippen molar-refractivity contribution in [1.29, 1.82) is 0 Å². The molecule has 0 fully saturated rings. The fourth-order valence-corrected chi connectivity index (χ4v) is 3.51. The zero-order chi connectivity index (χ0) is 21.8. The van der Waals surface area contributed by atoms with E-state index in [4.69, 9.17) is 4.74 Å². The highest BCUT2D eigenvalue weighted by Gasteiger charge is 2.15. The predicted octanol–water partition coefficient (Wildman–Crippen LogP) is 4.22. The van der Waals surface area contributed by atoms with E-state index in [0.717, 1.165) is 49.9 Å². The molecule has 0 unspecified atom stereocenters. The van der Waals surface area contributed by atoms with Gasteiger partial charge in [0.25, 0.3) is 0 Å². The van der Waals surface area contributed by atoms with Crippen LogP contribution in [0.2, 0.25) is 0 Å². The Balaban J connectivity index is 1.93. The number of hydrogen-bond donors (Lipinski definition) is 1. The maximum absolute atomic E-state index is 12.5. The van der Waals surface area contributed by atoms with E-state index in [2.05, 4.69) is 24.1 Å². The standard InChI is InChI=1S/C23H36N4O3/c1-4-15-26(16-5-2)22(29)14-9-13-21(28)25-23-24-19-11-7-8-12-20(19)27(23)17-10-18-30-6-3/h7-8,11-12H,4-6,9-10,13-18H2,1-3H3,(H,24,25,28). The second kappa shape index (κ2) is 13.0. The maximum Gasteiger partial charge on any atom is 0.226 e. The normalized spacial score (nSPS) is 11.0. The summed E-state index contributed by atoms with van der Waals surface area (Å²) in [6, 6.07) is 7.86. The molecule has 0 radical (unpaired) electrons. The highest BCUT2D eigenvalue weighted by molar-refractivity contribution is 5.91. The van der Waals surface area contributed by atoms with Gasteiger partial charge in [-0.2, -0.15) is 0 Å². The number of carbonyl (C=O) groups is 2. The summed E-state index contributed by atoms with van der Waals surface area (Å²) in [5.41, 5.74) is 1.85. The third kappa shape index (κ3) is 7.13. The lowest BCUT2D eigenvalue weighted by atomic mass is 10.2. The van der Waals surface area contributed by atoms with E-state index >= 15 is 0 Å². The molecular formula is C23H36N4O3. The molecule has 1 N–H and O–H groups in total. The van der Waals surface area contributed by atoms with Crippen molar-refractivity contribution in [3.05, 3.63) is 24.3 Å². The van der Waals surface area contributed by atoms with Gasteiger partial charge >= 0.3 is 0 Å². The number of fused-ring (bicyclic) bond motifs is 1. The summed E-state index contributed by atoms with van der Waals surface area (Å²) < 4.78 is 7.47. The van der Waals surface area contributed by atoms with Crippen LogP contribution in [-0.4, -0.2) is 52.6 Å². The SMILES string of the molecule is CCCN(CCC)C(=O)CCCC(=O)Nc1nc2ccccc2n1CCCOCC. The number of nitrogens with zero attached hydrogens (tertiary/aromatic N) is 3. The lowest BCUT2D eigenvalue weighted by Gasteiger charge is -2.21. The minimum absolute atomic E-state index is 0.110. The number of rotatable bonds is 14. The van der Waals surface area contributed by atoms with E-state index in [-0.39, 0.29) is 11.8 Å². The van der Waals surface area contributed by atoms with Gasteiger partial charge in [-0.3, -0.25) is 14.9 Å². The Morgan fingerprint density at radius 2 is 1.80 bits per heavy atom. The van der Waals surface area contributed by atoms with E-state index in [9.17, 15) is 9.59 Å². The first kappa shape index (κ1) is 23.9. The van der Waals surface area contributed by atoms with Crippen LogP contribution in [0.1, 0.15) is 59.3 Å². The number of aromatic nitrogens is 2. The molecule has 7 nitrogen and oxygen atoms in total. The average Bonchev–Trinajstić information content (AvgIpc) is 3.08. The van der Waals surface area contributed by atoms with Crippen molar-refractivity contribution in [2.75, 3.05) is 31.6 Å². The fraction of sp³-hybridized carbons (Fsp3) is 0.609. The van der Waals surface area contributed by atoms with Crippen LogP contribution in [0.5, 0.6) is 0 Å². The molecule has 166 valence electrons. The number of imidazole rings is 1. The van der Waals surface area contributed by atoms with Gasteiger partial charge in [-0.15, -0.1) is 0 Å². The number of hydrogen-bond acceptors (Lipinski definition) is 4. The first-order valence-electron chi connectivity index (χ1n) is 11.2. The molecule has 0 aliphatic carbocycles. The largest absolute Gasteiger partial charge is 0.382 e. The lowest BCUT2D eigenvalue weighted by molar-refractivity contribution is -0.131. The molecule has 0 atom stereocenters. The van der Waals surface area contributed by atoms with Crippen LogP contribution < -0.4 is 5.32 Å². The molecule has 1 aromatic heterocycles. The number of nitrogens with one attached hydrogen (secondary N) is 1. The van der Waals surface area contributed by atoms with Crippen LogP contribution in [0.25, 0.3) is 11.0 Å². The first-order chi connectivity index (χ1) is 14.6. The fourth-order valence-electron chi connectivity index (χ4n) is 3.51. The highest BCUT2D eigenvalue weighted by Crippen LogP contribution is 2.20. The zero-order valence-electron chi connectivity index (χ0n) is 18.7. The van der Waals surface area contributed by atoms with Crippen molar-refractivity contribution in [3.63, 3.8) is 0 Å². The molecular weight excluding hydrogens is 380 g/mol. The smallest absolute Gasteiger partial charge is 0.226 e. The molecule has 0 aliphatic heterocycles. The van der Waals surface area contributed by atoms with Gasteiger partial charge in [0.1, 0.15) is 0 Å². The van der Waals surface area contributed by atoms with Crippen LogP contribution in [-0.2, 0) is 20.9 Å². The number of amides is 2. The van der Waals surface area contributed by atoms with Crippen LogP contribution in [0.15, 0.2) is 24.3 Å². The second-order valence-electron chi connectivity index (χ2n) is 7.41. The molecule has 2 aromatic rings. The van der Waals surface area contributed by atoms with Gasteiger partial charge in [0.15, 0.2) is 0 Å². The number of ether oxygens (including phenoxy) is 1. The summed E-state index contributed by atoms with van der Waals surface area (Å²) in [5.74, 6) is 0.582. The summed E-state index contributed by atoms with van der Waals surface area (Å²) in [6.45, 7) is 9.78. The monoisotopic (exact) mass is 416 g/mol. The van der Waals surface area contributed by atoms with Gasteiger partial charge < -0.3 is 14.2 Å². The molecule has 2 amide bonds. The van der Waals surface area contributed by atoms with Crippen LogP contribution in [0.3, 0.4) is 0 Å². The van der Waals surface area contributed by atoms with Gasteiger partial charge in [-0.1, -0.05) is 26.0 Å². The summed E-state index contributed by atoms with van der Waals surface area (Å²) >= 11 is 0. The van der Waals surface area contributed by atoms with E-state index in [0.29, 0.717) is 38.4 Å². The van der Waals surface area contributed by atoms with Crippen LogP contribution >= 0.6 is 0 Å².